The summed E-state index contributed by atoms with van der Waals surface area (Å²) in [6.07, 6.45) is 2.22. The maximum Gasteiger partial charge on any atom is 0.268 e. The zero-order valence-electron chi connectivity index (χ0n) is 19.5. The Balaban J connectivity index is 2.03. The van der Waals surface area contributed by atoms with E-state index >= 15 is 0 Å². The lowest BCUT2D eigenvalue weighted by molar-refractivity contribution is -0.141. The molecule has 1 unspecified atom stereocenters. The van der Waals surface area contributed by atoms with Crippen LogP contribution < -0.4 is 0 Å². The molecule has 0 saturated heterocycles. The molecule has 1 atom stereocenters. The predicted octanol–water partition coefficient (Wildman–Crippen LogP) is 1.39. The average Bonchev–Trinajstić information content (AvgIpc) is 3.17. The van der Waals surface area contributed by atoms with E-state index in [9.17, 15) is 28.8 Å². The second-order valence-electron chi connectivity index (χ2n) is 8.44. The number of amides is 6. The average molecular weight is 604 g/mol. The normalized spacial score (nSPS) is 16.9. The van der Waals surface area contributed by atoms with Gasteiger partial charge in [0.15, 0.2) is 0 Å². The molecule has 0 fully saturated rings. The molecular weight excluding hydrogens is 576 g/mol. The maximum absolute atomic E-state index is 13.0. The number of hydrogen-bond donors (Lipinski definition) is 0. The van der Waals surface area contributed by atoms with Crippen LogP contribution in [0.3, 0.4) is 0 Å². The van der Waals surface area contributed by atoms with Gasteiger partial charge in [-0.05, 0) is 44.7 Å². The first-order valence-electron chi connectivity index (χ1n) is 10.8. The molecule has 2 aliphatic rings. The Kier molecular flexibility index (Phi) is 9.74. The number of halogens is 2. The molecule has 0 aromatic heterocycles. The van der Waals surface area contributed by atoms with Gasteiger partial charge in [-0.2, -0.15) is 0 Å². The van der Waals surface area contributed by atoms with Crippen LogP contribution in [0.15, 0.2) is 21.1 Å². The second-order valence-corrected chi connectivity index (χ2v) is 10.2. The SMILES string of the molecule is CC(C)C(C)N(C)C(=O)CCC(=O)N(CCN1C(=O)C=C(Br)C1=O)CCN1C(=O)C=C(Br)C1=O. The molecule has 0 aromatic carbocycles. The van der Waals surface area contributed by atoms with Crippen LogP contribution >= 0.6 is 31.9 Å². The molecule has 34 heavy (non-hydrogen) atoms. The number of nitrogens with zero attached hydrogens (tertiary/aromatic N) is 4. The van der Waals surface area contributed by atoms with Crippen LogP contribution in [-0.2, 0) is 28.8 Å². The highest BCUT2D eigenvalue weighted by atomic mass is 79.9. The largest absolute Gasteiger partial charge is 0.343 e. The van der Waals surface area contributed by atoms with Gasteiger partial charge in [-0.1, -0.05) is 13.8 Å². The van der Waals surface area contributed by atoms with E-state index in [-0.39, 0.29) is 71.8 Å². The molecule has 10 nitrogen and oxygen atoms in total. The maximum atomic E-state index is 13.0. The van der Waals surface area contributed by atoms with Crippen molar-refractivity contribution >= 4 is 67.3 Å². The highest BCUT2D eigenvalue weighted by Gasteiger charge is 2.32. The van der Waals surface area contributed by atoms with Gasteiger partial charge in [0.05, 0.1) is 8.96 Å². The molecule has 0 aromatic rings. The van der Waals surface area contributed by atoms with Gasteiger partial charge in [-0.15, -0.1) is 0 Å². The number of rotatable bonds is 11. The van der Waals surface area contributed by atoms with Gasteiger partial charge in [-0.3, -0.25) is 38.6 Å². The van der Waals surface area contributed by atoms with E-state index in [1.54, 1.807) is 11.9 Å². The Morgan fingerprint density at radius 1 is 0.824 bits per heavy atom. The van der Waals surface area contributed by atoms with Crippen LogP contribution in [0.4, 0.5) is 0 Å². The number of carbonyl (C=O) groups is 6. The molecule has 2 heterocycles. The lowest BCUT2D eigenvalue weighted by Gasteiger charge is -2.29. The Morgan fingerprint density at radius 3 is 1.59 bits per heavy atom. The zero-order chi connectivity index (χ0) is 25.7. The van der Waals surface area contributed by atoms with Crippen molar-refractivity contribution in [1.82, 2.24) is 19.6 Å². The standard InChI is InChI=1S/C22H28Br2N4O6/c1-13(2)14(3)25(4)17(29)5-6-18(30)26(7-9-27-19(31)11-15(23)21(27)33)8-10-28-20(32)12-16(24)22(28)34/h11-14H,5-10H2,1-4H3. The number of carbonyl (C=O) groups excluding carboxylic acids is 6. The summed E-state index contributed by atoms with van der Waals surface area (Å²) in [4.78, 5) is 78.7. The van der Waals surface area contributed by atoms with Crippen molar-refractivity contribution in [2.75, 3.05) is 33.2 Å². The molecule has 186 valence electrons. The molecule has 0 saturated carbocycles. The highest BCUT2D eigenvalue weighted by molar-refractivity contribution is 9.12. The smallest absolute Gasteiger partial charge is 0.268 e. The molecule has 0 radical (unpaired) electrons. The van der Waals surface area contributed by atoms with E-state index in [0.717, 1.165) is 22.0 Å². The summed E-state index contributed by atoms with van der Waals surface area (Å²) in [7, 11) is 1.69. The molecule has 0 aliphatic carbocycles. The third-order valence-corrected chi connectivity index (χ3v) is 7.13. The van der Waals surface area contributed by atoms with Crippen LogP contribution in [0.5, 0.6) is 0 Å². The second kappa shape index (κ2) is 11.9. The summed E-state index contributed by atoms with van der Waals surface area (Å²) >= 11 is 6.05. The lowest BCUT2D eigenvalue weighted by Crippen LogP contribution is -2.45. The minimum Gasteiger partial charge on any atom is -0.343 e. The Morgan fingerprint density at radius 2 is 1.24 bits per heavy atom. The van der Waals surface area contributed by atoms with Crippen LogP contribution in [-0.4, -0.2) is 94.3 Å². The van der Waals surface area contributed by atoms with Crippen molar-refractivity contribution in [3.8, 4) is 0 Å². The third-order valence-electron chi connectivity index (χ3n) is 5.99. The lowest BCUT2D eigenvalue weighted by atomic mass is 10.0. The fraction of sp³-hybridized carbons (Fsp3) is 0.545. The van der Waals surface area contributed by atoms with Crippen molar-refractivity contribution in [1.29, 1.82) is 0 Å². The third kappa shape index (κ3) is 6.62. The molecule has 2 rings (SSSR count). The van der Waals surface area contributed by atoms with Crippen molar-refractivity contribution in [3.05, 3.63) is 21.1 Å². The summed E-state index contributed by atoms with van der Waals surface area (Å²) in [6.45, 7) is 5.83. The first kappa shape index (κ1) is 27.9. The molecule has 12 heteroatoms. The van der Waals surface area contributed by atoms with Crippen LogP contribution in [0.25, 0.3) is 0 Å². The Bertz CT molecular complexity index is 909. The van der Waals surface area contributed by atoms with Gasteiger partial charge in [-0.25, -0.2) is 0 Å². The van der Waals surface area contributed by atoms with E-state index in [1.165, 1.54) is 4.90 Å². The molecule has 0 N–H and O–H groups in total. The van der Waals surface area contributed by atoms with Crippen LogP contribution in [0.2, 0.25) is 0 Å². The first-order chi connectivity index (χ1) is 15.8. The monoisotopic (exact) mass is 602 g/mol. The van der Waals surface area contributed by atoms with Crippen LogP contribution in [0.1, 0.15) is 33.6 Å². The predicted molar refractivity (Wildman–Crippen MR) is 130 cm³/mol. The van der Waals surface area contributed by atoms with Gasteiger partial charge in [0.25, 0.3) is 23.6 Å². The van der Waals surface area contributed by atoms with Crippen molar-refractivity contribution in [2.45, 2.75) is 39.7 Å². The Labute approximate surface area is 215 Å². The zero-order valence-corrected chi connectivity index (χ0v) is 22.7. The topological polar surface area (TPSA) is 115 Å². The summed E-state index contributed by atoms with van der Waals surface area (Å²) < 4.78 is 0.264. The minimum atomic E-state index is -0.505. The van der Waals surface area contributed by atoms with Gasteiger partial charge >= 0.3 is 0 Å². The van der Waals surface area contributed by atoms with Crippen LogP contribution in [0, 0.1) is 5.92 Å². The van der Waals surface area contributed by atoms with E-state index < -0.39 is 23.6 Å². The molecular formula is C22H28Br2N4O6. The van der Waals surface area contributed by atoms with E-state index in [1.807, 2.05) is 20.8 Å². The number of hydrogen-bond acceptors (Lipinski definition) is 6. The number of imide groups is 2. The van der Waals surface area contributed by atoms with Gasteiger partial charge in [0.2, 0.25) is 11.8 Å². The first-order valence-corrected chi connectivity index (χ1v) is 12.4. The van der Waals surface area contributed by atoms with Crippen molar-refractivity contribution in [2.24, 2.45) is 5.92 Å². The quantitative estimate of drug-likeness (QED) is 0.330. The van der Waals surface area contributed by atoms with Crippen molar-refractivity contribution in [3.63, 3.8) is 0 Å². The Hall–Kier alpha value is -2.34. The molecule has 6 amide bonds. The van der Waals surface area contributed by atoms with Crippen molar-refractivity contribution < 1.29 is 28.8 Å². The highest BCUT2D eigenvalue weighted by Crippen LogP contribution is 2.19. The molecule has 0 bridgehead atoms. The van der Waals surface area contributed by atoms with Gasteiger partial charge < -0.3 is 9.80 Å². The summed E-state index contributed by atoms with van der Waals surface area (Å²) in [5.41, 5.74) is 0. The fourth-order valence-electron chi connectivity index (χ4n) is 3.40. The fourth-order valence-corrected chi connectivity index (χ4v) is 4.22. The molecule has 2 aliphatic heterocycles. The van der Waals surface area contributed by atoms with Gasteiger partial charge in [0, 0.05) is 64.3 Å². The molecule has 0 spiro atoms. The van der Waals surface area contributed by atoms with E-state index in [2.05, 4.69) is 31.9 Å². The van der Waals surface area contributed by atoms with E-state index in [4.69, 9.17) is 0 Å². The van der Waals surface area contributed by atoms with Gasteiger partial charge in [0.1, 0.15) is 0 Å². The minimum absolute atomic E-state index is 0.00167. The van der Waals surface area contributed by atoms with E-state index in [0.29, 0.717) is 0 Å². The summed E-state index contributed by atoms with van der Waals surface area (Å²) in [6, 6.07) is 0.00924. The summed E-state index contributed by atoms with van der Waals surface area (Å²) in [5.74, 6) is -2.30. The summed E-state index contributed by atoms with van der Waals surface area (Å²) in [5, 5.41) is 0.